The van der Waals surface area contributed by atoms with Gasteiger partial charge in [0, 0.05) is 6.42 Å². The molecule has 0 rings (SSSR count). The SMILES string of the molecule is CC[C@@H](C)CC(C)=O. The second-order valence-electron chi connectivity index (χ2n) is 2.42. The number of rotatable bonds is 3. The summed E-state index contributed by atoms with van der Waals surface area (Å²) in [6.45, 7) is 5.85. The molecule has 0 aromatic rings. The van der Waals surface area contributed by atoms with E-state index in [0.717, 1.165) is 12.8 Å². The molecule has 1 heteroatoms. The first kappa shape index (κ1) is 7.67. The molecule has 0 fully saturated rings. The summed E-state index contributed by atoms with van der Waals surface area (Å²) < 4.78 is 0. The standard InChI is InChI=1S/C7H14O/c1-4-6(2)5-7(3)8/h6H,4-5H2,1-3H3/t6-/m1/s1. The number of carbonyl (C=O) groups excluding carboxylic acids is 1. The van der Waals surface area contributed by atoms with Gasteiger partial charge >= 0.3 is 0 Å². The highest BCUT2D eigenvalue weighted by Crippen LogP contribution is 2.05. The highest BCUT2D eigenvalue weighted by atomic mass is 16.1. The van der Waals surface area contributed by atoms with Gasteiger partial charge in [-0.1, -0.05) is 20.3 Å². The Morgan fingerprint density at radius 3 is 2.25 bits per heavy atom. The van der Waals surface area contributed by atoms with Gasteiger partial charge in [0.05, 0.1) is 0 Å². The van der Waals surface area contributed by atoms with E-state index in [1.807, 2.05) is 0 Å². The van der Waals surface area contributed by atoms with Crippen molar-refractivity contribution in [2.45, 2.75) is 33.6 Å². The van der Waals surface area contributed by atoms with Gasteiger partial charge in [-0.2, -0.15) is 0 Å². The van der Waals surface area contributed by atoms with E-state index in [1.165, 1.54) is 0 Å². The zero-order chi connectivity index (χ0) is 6.57. The molecule has 0 aromatic heterocycles. The number of carbonyl (C=O) groups is 1. The first-order valence-corrected chi connectivity index (χ1v) is 3.16. The molecule has 0 saturated heterocycles. The zero-order valence-electron chi connectivity index (χ0n) is 5.90. The molecule has 0 aliphatic heterocycles. The minimum Gasteiger partial charge on any atom is -0.300 e. The molecule has 1 nitrogen and oxygen atoms in total. The van der Waals surface area contributed by atoms with Gasteiger partial charge in [-0.3, -0.25) is 0 Å². The van der Waals surface area contributed by atoms with Crippen LogP contribution in [0.5, 0.6) is 0 Å². The molecule has 0 amide bonds. The molecule has 0 aromatic carbocycles. The maximum absolute atomic E-state index is 10.4. The van der Waals surface area contributed by atoms with Crippen LogP contribution in [0.1, 0.15) is 33.6 Å². The molecule has 0 aliphatic rings. The Morgan fingerprint density at radius 2 is 2.12 bits per heavy atom. The summed E-state index contributed by atoms with van der Waals surface area (Å²) in [6.07, 6.45) is 1.86. The largest absolute Gasteiger partial charge is 0.300 e. The molecule has 0 N–H and O–H groups in total. The fourth-order valence-corrected chi connectivity index (χ4v) is 0.635. The molecule has 0 radical (unpaired) electrons. The average molecular weight is 114 g/mol. The molecule has 1 atom stereocenters. The number of hydrogen-bond donors (Lipinski definition) is 0. The van der Waals surface area contributed by atoms with E-state index in [1.54, 1.807) is 6.92 Å². The summed E-state index contributed by atoms with van der Waals surface area (Å²) in [5.74, 6) is 0.881. The predicted octanol–water partition coefficient (Wildman–Crippen LogP) is 2.01. The van der Waals surface area contributed by atoms with Crippen LogP contribution in [0.15, 0.2) is 0 Å². The Hall–Kier alpha value is -0.330. The summed E-state index contributed by atoms with van der Waals surface area (Å²) >= 11 is 0. The summed E-state index contributed by atoms with van der Waals surface area (Å²) in [7, 11) is 0. The first-order chi connectivity index (χ1) is 3.66. The molecular formula is C7H14O. The van der Waals surface area contributed by atoms with Crippen LogP contribution in [0.2, 0.25) is 0 Å². The van der Waals surface area contributed by atoms with Gasteiger partial charge in [0.15, 0.2) is 0 Å². The third kappa shape index (κ3) is 3.85. The van der Waals surface area contributed by atoms with E-state index in [-0.39, 0.29) is 0 Å². The van der Waals surface area contributed by atoms with Crippen molar-refractivity contribution in [2.24, 2.45) is 5.92 Å². The van der Waals surface area contributed by atoms with Crippen molar-refractivity contribution < 1.29 is 4.79 Å². The Morgan fingerprint density at radius 1 is 1.62 bits per heavy atom. The Balaban J connectivity index is 3.24. The fourth-order valence-electron chi connectivity index (χ4n) is 0.635. The van der Waals surface area contributed by atoms with Crippen LogP contribution in [0.4, 0.5) is 0 Å². The van der Waals surface area contributed by atoms with Crippen molar-refractivity contribution in [1.82, 2.24) is 0 Å². The fraction of sp³-hybridized carbons (Fsp3) is 0.857. The molecule has 0 bridgehead atoms. The summed E-state index contributed by atoms with van der Waals surface area (Å²) in [5, 5.41) is 0. The van der Waals surface area contributed by atoms with Crippen LogP contribution in [0.3, 0.4) is 0 Å². The van der Waals surface area contributed by atoms with Crippen molar-refractivity contribution in [3.05, 3.63) is 0 Å². The van der Waals surface area contributed by atoms with E-state index in [2.05, 4.69) is 13.8 Å². The average Bonchev–Trinajstić information content (AvgIpc) is 1.65. The number of ketones is 1. The van der Waals surface area contributed by atoms with Gasteiger partial charge in [0.1, 0.15) is 5.78 Å². The summed E-state index contributed by atoms with van der Waals surface area (Å²) in [5.41, 5.74) is 0. The Labute approximate surface area is 51.1 Å². The van der Waals surface area contributed by atoms with Crippen molar-refractivity contribution in [1.29, 1.82) is 0 Å². The van der Waals surface area contributed by atoms with Gasteiger partial charge in [-0.15, -0.1) is 0 Å². The second-order valence-corrected chi connectivity index (χ2v) is 2.42. The highest BCUT2D eigenvalue weighted by Gasteiger charge is 2.00. The topological polar surface area (TPSA) is 17.1 Å². The normalized spacial score (nSPS) is 13.4. The number of hydrogen-bond acceptors (Lipinski definition) is 1. The van der Waals surface area contributed by atoms with Crippen LogP contribution >= 0.6 is 0 Å². The van der Waals surface area contributed by atoms with Gasteiger partial charge in [-0.25, -0.2) is 0 Å². The minimum atomic E-state index is 0.305. The maximum Gasteiger partial charge on any atom is 0.130 e. The van der Waals surface area contributed by atoms with Crippen molar-refractivity contribution in [3.8, 4) is 0 Å². The van der Waals surface area contributed by atoms with Crippen molar-refractivity contribution >= 4 is 5.78 Å². The third-order valence-corrected chi connectivity index (χ3v) is 1.33. The van der Waals surface area contributed by atoms with Crippen LogP contribution in [0, 0.1) is 5.92 Å². The monoisotopic (exact) mass is 114 g/mol. The second kappa shape index (κ2) is 3.65. The Kier molecular flexibility index (Phi) is 3.49. The number of Topliss-reactive ketones (excluding diaryl/α,β-unsaturated/α-hetero) is 1. The van der Waals surface area contributed by atoms with E-state index in [9.17, 15) is 4.79 Å². The lowest BCUT2D eigenvalue weighted by molar-refractivity contribution is -0.117. The molecule has 0 heterocycles. The lowest BCUT2D eigenvalue weighted by atomic mass is 10.0. The molecule has 0 saturated carbocycles. The van der Waals surface area contributed by atoms with Crippen LogP contribution in [0.25, 0.3) is 0 Å². The summed E-state index contributed by atoms with van der Waals surface area (Å²) in [4.78, 5) is 10.4. The van der Waals surface area contributed by atoms with Crippen molar-refractivity contribution in [2.75, 3.05) is 0 Å². The third-order valence-electron chi connectivity index (χ3n) is 1.33. The van der Waals surface area contributed by atoms with Crippen LogP contribution in [-0.4, -0.2) is 5.78 Å². The minimum absolute atomic E-state index is 0.305. The van der Waals surface area contributed by atoms with Gasteiger partial charge < -0.3 is 4.79 Å². The molecule has 0 aliphatic carbocycles. The maximum atomic E-state index is 10.4. The van der Waals surface area contributed by atoms with E-state index in [0.29, 0.717) is 11.7 Å². The van der Waals surface area contributed by atoms with E-state index < -0.39 is 0 Å². The lowest BCUT2D eigenvalue weighted by Gasteiger charge is -2.01. The quantitative estimate of drug-likeness (QED) is 0.548. The van der Waals surface area contributed by atoms with E-state index in [4.69, 9.17) is 0 Å². The van der Waals surface area contributed by atoms with E-state index >= 15 is 0 Å². The highest BCUT2D eigenvalue weighted by molar-refractivity contribution is 5.75. The van der Waals surface area contributed by atoms with Crippen LogP contribution in [-0.2, 0) is 4.79 Å². The lowest BCUT2D eigenvalue weighted by Crippen LogP contribution is -1.98. The van der Waals surface area contributed by atoms with Crippen molar-refractivity contribution in [3.63, 3.8) is 0 Å². The molecule has 0 spiro atoms. The molecule has 8 heavy (non-hydrogen) atoms. The molecule has 0 unspecified atom stereocenters. The van der Waals surface area contributed by atoms with Crippen LogP contribution < -0.4 is 0 Å². The molecule has 48 valence electrons. The molecular weight excluding hydrogens is 100 g/mol. The first-order valence-electron chi connectivity index (χ1n) is 3.16. The van der Waals surface area contributed by atoms with Gasteiger partial charge in [-0.05, 0) is 12.8 Å². The van der Waals surface area contributed by atoms with Gasteiger partial charge in [0.2, 0.25) is 0 Å². The summed E-state index contributed by atoms with van der Waals surface area (Å²) in [6, 6.07) is 0. The smallest absolute Gasteiger partial charge is 0.130 e. The zero-order valence-corrected chi connectivity index (χ0v) is 5.90. The van der Waals surface area contributed by atoms with Gasteiger partial charge in [0.25, 0.3) is 0 Å². The predicted molar refractivity (Wildman–Crippen MR) is 34.8 cm³/mol. The Bertz CT molecular complexity index is 76.5.